The van der Waals surface area contributed by atoms with E-state index >= 15 is 0 Å². The highest BCUT2D eigenvalue weighted by Gasteiger charge is 2.03. The summed E-state index contributed by atoms with van der Waals surface area (Å²) in [6.07, 6.45) is 3.39. The van der Waals surface area contributed by atoms with Gasteiger partial charge in [0, 0.05) is 18.6 Å². The molecule has 0 fully saturated rings. The average molecular weight is 163 g/mol. The van der Waals surface area contributed by atoms with Crippen molar-refractivity contribution in [1.29, 1.82) is 0 Å². The highest BCUT2D eigenvalue weighted by Crippen LogP contribution is 2.14. The number of hydrogen-bond acceptors (Lipinski definition) is 3. The molecule has 4 nitrogen and oxygen atoms in total. The molecule has 0 aliphatic heterocycles. The molecular formula is C8H9N3O. The second kappa shape index (κ2) is 2.57. The maximum absolute atomic E-state index is 8.95. The number of aliphatic hydroxyl groups is 1. The van der Waals surface area contributed by atoms with Crippen molar-refractivity contribution in [3.05, 3.63) is 24.2 Å². The lowest BCUT2D eigenvalue weighted by atomic mass is 10.2. The van der Waals surface area contributed by atoms with E-state index in [1.54, 1.807) is 17.1 Å². The van der Waals surface area contributed by atoms with Crippen molar-refractivity contribution in [2.24, 2.45) is 7.05 Å². The van der Waals surface area contributed by atoms with E-state index in [0.29, 0.717) is 5.69 Å². The minimum Gasteiger partial charge on any atom is -0.390 e. The zero-order valence-corrected chi connectivity index (χ0v) is 6.73. The smallest absolute Gasteiger partial charge is 0.0860 e. The molecule has 12 heavy (non-hydrogen) atoms. The van der Waals surface area contributed by atoms with Gasteiger partial charge in [-0.25, -0.2) is 0 Å². The van der Waals surface area contributed by atoms with E-state index in [1.165, 1.54) is 0 Å². The van der Waals surface area contributed by atoms with Crippen LogP contribution in [-0.2, 0) is 13.7 Å². The van der Waals surface area contributed by atoms with Crippen molar-refractivity contribution < 1.29 is 5.11 Å². The summed E-state index contributed by atoms with van der Waals surface area (Å²) >= 11 is 0. The van der Waals surface area contributed by atoms with Crippen LogP contribution >= 0.6 is 0 Å². The lowest BCUT2D eigenvalue weighted by molar-refractivity contribution is 0.278. The monoisotopic (exact) mass is 163 g/mol. The molecule has 62 valence electrons. The molecule has 0 spiro atoms. The molecular weight excluding hydrogens is 154 g/mol. The van der Waals surface area contributed by atoms with Crippen LogP contribution in [0.2, 0.25) is 0 Å². The third-order valence-corrected chi connectivity index (χ3v) is 1.91. The highest BCUT2D eigenvalue weighted by molar-refractivity contribution is 5.80. The normalized spacial score (nSPS) is 10.8. The van der Waals surface area contributed by atoms with Crippen LogP contribution in [-0.4, -0.2) is 19.9 Å². The summed E-state index contributed by atoms with van der Waals surface area (Å²) in [6.45, 7) is -0.0387. The fourth-order valence-electron chi connectivity index (χ4n) is 1.26. The average Bonchev–Trinajstić information content (AvgIpc) is 2.48. The molecule has 0 saturated carbocycles. The van der Waals surface area contributed by atoms with Crippen LogP contribution in [0, 0.1) is 0 Å². The molecule has 0 radical (unpaired) electrons. The Morgan fingerprint density at radius 2 is 2.42 bits per heavy atom. The Morgan fingerprint density at radius 1 is 1.58 bits per heavy atom. The maximum Gasteiger partial charge on any atom is 0.0860 e. The van der Waals surface area contributed by atoms with Crippen molar-refractivity contribution in [3.8, 4) is 0 Å². The molecule has 4 heteroatoms. The fourth-order valence-corrected chi connectivity index (χ4v) is 1.26. The summed E-state index contributed by atoms with van der Waals surface area (Å²) in [5.41, 5.74) is 1.68. The van der Waals surface area contributed by atoms with Gasteiger partial charge in [-0.2, -0.15) is 5.10 Å². The van der Waals surface area contributed by atoms with Gasteiger partial charge in [-0.3, -0.25) is 9.67 Å². The molecule has 0 amide bonds. The molecule has 0 aromatic carbocycles. The molecule has 0 aliphatic rings. The van der Waals surface area contributed by atoms with Gasteiger partial charge in [0.05, 0.1) is 24.0 Å². The zero-order valence-electron chi connectivity index (χ0n) is 6.73. The Morgan fingerprint density at radius 3 is 3.17 bits per heavy atom. The van der Waals surface area contributed by atoms with E-state index in [0.717, 1.165) is 10.9 Å². The minimum absolute atomic E-state index is 0.0387. The van der Waals surface area contributed by atoms with Crippen LogP contribution < -0.4 is 0 Å². The first-order valence-corrected chi connectivity index (χ1v) is 3.69. The van der Waals surface area contributed by atoms with Crippen molar-refractivity contribution in [2.45, 2.75) is 6.61 Å². The molecule has 2 rings (SSSR count). The summed E-state index contributed by atoms with van der Waals surface area (Å²) in [6, 6.07) is 1.88. The molecule has 1 N–H and O–H groups in total. The van der Waals surface area contributed by atoms with E-state index in [2.05, 4.69) is 10.1 Å². The van der Waals surface area contributed by atoms with Gasteiger partial charge in [0.15, 0.2) is 0 Å². The summed E-state index contributed by atoms with van der Waals surface area (Å²) < 4.78 is 1.76. The number of aryl methyl sites for hydroxylation is 1. The summed E-state index contributed by atoms with van der Waals surface area (Å²) in [5.74, 6) is 0. The first-order valence-electron chi connectivity index (χ1n) is 3.69. The zero-order chi connectivity index (χ0) is 8.55. The number of pyridine rings is 1. The minimum atomic E-state index is -0.0387. The second-order valence-electron chi connectivity index (χ2n) is 2.62. The van der Waals surface area contributed by atoms with Crippen LogP contribution in [0.5, 0.6) is 0 Å². The van der Waals surface area contributed by atoms with E-state index in [1.807, 2.05) is 13.1 Å². The first-order chi connectivity index (χ1) is 5.83. The summed E-state index contributed by atoms with van der Waals surface area (Å²) in [5, 5.41) is 13.9. The standard InChI is InChI=1S/C8H9N3O/c1-11-8-2-3-9-7(5-12)6(8)4-10-11/h2-4,12H,5H2,1H3. The Kier molecular flexibility index (Phi) is 1.55. The van der Waals surface area contributed by atoms with Crippen molar-refractivity contribution >= 4 is 10.9 Å². The number of rotatable bonds is 1. The second-order valence-corrected chi connectivity index (χ2v) is 2.62. The van der Waals surface area contributed by atoms with Crippen LogP contribution in [0.15, 0.2) is 18.5 Å². The largest absolute Gasteiger partial charge is 0.390 e. The number of hydrogen-bond donors (Lipinski definition) is 1. The van der Waals surface area contributed by atoms with Crippen LogP contribution in [0.4, 0.5) is 0 Å². The first kappa shape index (κ1) is 7.24. The van der Waals surface area contributed by atoms with Gasteiger partial charge in [-0.15, -0.1) is 0 Å². The van der Waals surface area contributed by atoms with Crippen molar-refractivity contribution in [2.75, 3.05) is 0 Å². The number of fused-ring (bicyclic) bond motifs is 1. The van der Waals surface area contributed by atoms with Crippen molar-refractivity contribution in [3.63, 3.8) is 0 Å². The molecule has 2 heterocycles. The van der Waals surface area contributed by atoms with Gasteiger partial charge in [0.1, 0.15) is 0 Å². The van der Waals surface area contributed by atoms with Crippen molar-refractivity contribution in [1.82, 2.24) is 14.8 Å². The predicted molar refractivity (Wildman–Crippen MR) is 44.4 cm³/mol. The molecule has 0 atom stereocenters. The predicted octanol–water partition coefficient (Wildman–Crippen LogP) is 0.461. The third kappa shape index (κ3) is 0.887. The van der Waals surface area contributed by atoms with Crippen LogP contribution in [0.1, 0.15) is 5.69 Å². The summed E-state index contributed by atoms with van der Waals surface area (Å²) in [4.78, 5) is 4.04. The Labute approximate surface area is 69.5 Å². The number of aromatic nitrogens is 3. The van der Waals surface area contributed by atoms with Gasteiger partial charge in [0.2, 0.25) is 0 Å². The SMILES string of the molecule is Cn1ncc2c(CO)nccc21. The highest BCUT2D eigenvalue weighted by atomic mass is 16.3. The Hall–Kier alpha value is -1.42. The molecule has 2 aromatic rings. The Bertz CT molecular complexity index is 408. The molecule has 0 aliphatic carbocycles. The number of aliphatic hydroxyl groups excluding tert-OH is 1. The maximum atomic E-state index is 8.95. The quantitative estimate of drug-likeness (QED) is 0.664. The van der Waals surface area contributed by atoms with Gasteiger partial charge >= 0.3 is 0 Å². The van der Waals surface area contributed by atoms with Gasteiger partial charge in [-0.05, 0) is 6.07 Å². The van der Waals surface area contributed by atoms with Gasteiger partial charge < -0.3 is 5.11 Å². The van der Waals surface area contributed by atoms with Gasteiger partial charge in [-0.1, -0.05) is 0 Å². The third-order valence-electron chi connectivity index (χ3n) is 1.91. The van der Waals surface area contributed by atoms with Gasteiger partial charge in [0.25, 0.3) is 0 Å². The molecule has 2 aromatic heterocycles. The molecule has 0 bridgehead atoms. The van der Waals surface area contributed by atoms with Crippen LogP contribution in [0.3, 0.4) is 0 Å². The lowest BCUT2D eigenvalue weighted by Gasteiger charge is -1.96. The summed E-state index contributed by atoms with van der Waals surface area (Å²) in [7, 11) is 1.86. The number of nitrogens with zero attached hydrogens (tertiary/aromatic N) is 3. The van der Waals surface area contributed by atoms with E-state index in [9.17, 15) is 0 Å². The lowest BCUT2D eigenvalue weighted by Crippen LogP contribution is -1.91. The topological polar surface area (TPSA) is 50.9 Å². The molecule has 0 unspecified atom stereocenters. The Balaban J connectivity index is 2.81. The van der Waals surface area contributed by atoms with Crippen LogP contribution in [0.25, 0.3) is 10.9 Å². The van der Waals surface area contributed by atoms with E-state index < -0.39 is 0 Å². The fraction of sp³-hybridized carbons (Fsp3) is 0.250. The molecule has 0 saturated heterocycles. The van der Waals surface area contributed by atoms with E-state index in [4.69, 9.17) is 5.11 Å². The van der Waals surface area contributed by atoms with E-state index in [-0.39, 0.29) is 6.61 Å².